The average Bonchev–Trinajstić information content (AvgIpc) is 3.65. The Kier molecular flexibility index (Phi) is 10.8. The number of hydrogen-bond donors (Lipinski definition) is 3. The minimum Gasteiger partial charge on any atom is -0.350 e. The zero-order valence-corrected chi connectivity index (χ0v) is 34.4. The Morgan fingerprint density at radius 1 is 0.719 bits per heavy atom. The third-order valence-electron chi connectivity index (χ3n) is 10.9. The van der Waals surface area contributed by atoms with Gasteiger partial charge in [-0.2, -0.15) is 23.1 Å². The summed E-state index contributed by atoms with van der Waals surface area (Å²) in [7, 11) is 0. The van der Waals surface area contributed by atoms with Crippen LogP contribution in [-0.4, -0.2) is 51.8 Å². The lowest BCUT2D eigenvalue weighted by Gasteiger charge is -2.18. The van der Waals surface area contributed by atoms with Crippen molar-refractivity contribution in [3.05, 3.63) is 162 Å². The van der Waals surface area contributed by atoms with E-state index in [0.29, 0.717) is 49.0 Å². The molecule has 4 N–H and O–H groups in total. The predicted octanol–water partition coefficient (Wildman–Crippen LogP) is 8.43. The summed E-state index contributed by atoms with van der Waals surface area (Å²) in [5.41, 5.74) is 10.8. The lowest BCUT2D eigenvalue weighted by Crippen LogP contribution is -2.48. The number of fused-ring (bicyclic) bond motifs is 2. The lowest BCUT2D eigenvalue weighted by molar-refractivity contribution is -0.137. The molecule has 9 aromatic rings. The van der Waals surface area contributed by atoms with Crippen molar-refractivity contribution in [2.24, 2.45) is 5.73 Å². The second kappa shape index (κ2) is 16.7. The number of alkyl halides is 3. The van der Waals surface area contributed by atoms with Crippen LogP contribution in [0.2, 0.25) is 0 Å². The van der Waals surface area contributed by atoms with Gasteiger partial charge in [-0.05, 0) is 78.6 Å². The van der Waals surface area contributed by atoms with E-state index in [4.69, 9.17) is 14.8 Å². The van der Waals surface area contributed by atoms with Gasteiger partial charge in [-0.25, -0.2) is 0 Å². The third kappa shape index (κ3) is 8.35. The first-order valence-electron chi connectivity index (χ1n) is 20.2. The lowest BCUT2D eigenvalue weighted by atomic mass is 10.1. The molecule has 10 rings (SSSR count). The number of pyridine rings is 1. The summed E-state index contributed by atoms with van der Waals surface area (Å²) in [6.45, 7) is 4.25. The number of carbonyl (C=O) groups excluding carboxylic acids is 2. The van der Waals surface area contributed by atoms with Crippen molar-refractivity contribution in [3.8, 4) is 34.4 Å². The van der Waals surface area contributed by atoms with E-state index in [1.54, 1.807) is 13.8 Å². The minimum absolute atomic E-state index is 0.200. The van der Waals surface area contributed by atoms with Gasteiger partial charge in [-0.1, -0.05) is 71.0 Å². The second-order valence-corrected chi connectivity index (χ2v) is 15.3. The van der Waals surface area contributed by atoms with E-state index in [0.717, 1.165) is 68.0 Å². The van der Waals surface area contributed by atoms with Gasteiger partial charge in [-0.15, -0.1) is 0 Å². The van der Waals surface area contributed by atoms with Gasteiger partial charge in [0.15, 0.2) is 0 Å². The molecule has 4 aromatic carbocycles. The van der Waals surface area contributed by atoms with Crippen molar-refractivity contribution in [2.75, 3.05) is 0 Å². The molecule has 64 heavy (non-hydrogen) atoms. The summed E-state index contributed by atoms with van der Waals surface area (Å²) >= 11 is 0. The highest BCUT2D eigenvalue weighted by Crippen LogP contribution is 2.37. The summed E-state index contributed by atoms with van der Waals surface area (Å²) in [4.78, 5) is 37.8. The van der Waals surface area contributed by atoms with Crippen LogP contribution in [0.4, 0.5) is 13.2 Å². The summed E-state index contributed by atoms with van der Waals surface area (Å²) < 4.78 is 53.5. The van der Waals surface area contributed by atoms with Crippen molar-refractivity contribution in [3.63, 3.8) is 0 Å². The minimum atomic E-state index is -4.63. The standard InChI is InChI=1S/C29H23F3N6O3.C18H16N4O/c1-17-35-25(37-41-17)24-13-19-4-2-3-5-23(19)38(24)22-8-6-18(7-9-22)14-34-27(40)28(10-11-28)36-26(39)20-12-21(16-33-15-20)29(30,31)32;1-12-20-18(21-23-12)17-10-14-4-2-3-5-16(14)22(17)15-8-6-13(11-19)7-9-15/h2-9,12-13,15-16H,10-11,14H2,1H3,(H,34,40)(H,36,39);2-10H,11,19H2,1H3. The Morgan fingerprint density at radius 2 is 1.23 bits per heavy atom. The molecule has 0 aliphatic heterocycles. The van der Waals surface area contributed by atoms with E-state index in [-0.39, 0.29) is 12.1 Å². The van der Waals surface area contributed by atoms with Crippen molar-refractivity contribution in [1.29, 1.82) is 0 Å². The number of carbonyl (C=O) groups is 2. The number of amides is 2. The number of aryl methyl sites for hydroxylation is 2. The van der Waals surface area contributed by atoms with E-state index < -0.39 is 29.1 Å². The summed E-state index contributed by atoms with van der Waals surface area (Å²) in [5, 5.41) is 15.7. The number of halogens is 3. The van der Waals surface area contributed by atoms with Gasteiger partial charge in [0, 0.05) is 61.5 Å². The fourth-order valence-corrected chi connectivity index (χ4v) is 7.44. The number of nitrogens with one attached hydrogen (secondary N) is 2. The summed E-state index contributed by atoms with van der Waals surface area (Å²) in [6.07, 6.45) is -2.17. The molecule has 2 amide bonds. The zero-order valence-electron chi connectivity index (χ0n) is 34.4. The average molecular weight is 865 g/mol. The molecular formula is C47H39F3N10O4. The molecule has 5 heterocycles. The van der Waals surface area contributed by atoms with Gasteiger partial charge >= 0.3 is 6.18 Å². The van der Waals surface area contributed by atoms with E-state index in [9.17, 15) is 22.8 Å². The van der Waals surface area contributed by atoms with Gasteiger partial charge in [0.2, 0.25) is 29.3 Å². The largest absolute Gasteiger partial charge is 0.417 e. The second-order valence-electron chi connectivity index (χ2n) is 15.3. The molecule has 0 unspecified atom stereocenters. The molecule has 14 nitrogen and oxygen atoms in total. The molecular weight excluding hydrogens is 826 g/mol. The van der Waals surface area contributed by atoms with Crippen LogP contribution in [0.25, 0.3) is 56.2 Å². The van der Waals surface area contributed by atoms with Crippen LogP contribution in [0.15, 0.2) is 137 Å². The van der Waals surface area contributed by atoms with Gasteiger partial charge < -0.3 is 34.5 Å². The number of rotatable bonds is 10. The Hall–Kier alpha value is -7.92. The molecule has 1 aliphatic carbocycles. The molecule has 0 saturated heterocycles. The predicted molar refractivity (Wildman–Crippen MR) is 231 cm³/mol. The molecule has 1 fully saturated rings. The first-order valence-corrected chi connectivity index (χ1v) is 20.2. The zero-order chi connectivity index (χ0) is 44.6. The quantitative estimate of drug-likeness (QED) is 0.121. The fraction of sp³-hybridized carbons (Fsp3) is 0.170. The van der Waals surface area contributed by atoms with E-state index in [2.05, 4.69) is 70.8 Å². The van der Waals surface area contributed by atoms with E-state index >= 15 is 0 Å². The first kappa shape index (κ1) is 41.4. The van der Waals surface area contributed by atoms with Crippen LogP contribution in [0.3, 0.4) is 0 Å². The maximum absolute atomic E-state index is 13.0. The summed E-state index contributed by atoms with van der Waals surface area (Å²) in [6, 6.07) is 36.7. The van der Waals surface area contributed by atoms with Crippen LogP contribution in [0.5, 0.6) is 0 Å². The number of aromatic nitrogens is 7. The number of benzene rings is 4. The van der Waals surface area contributed by atoms with Gasteiger partial charge in [0.25, 0.3) is 5.91 Å². The Labute approximate surface area is 362 Å². The highest BCUT2D eigenvalue weighted by molar-refractivity contribution is 6.00. The number of nitrogens with zero attached hydrogens (tertiary/aromatic N) is 7. The Bertz CT molecular complexity index is 3150. The molecule has 5 aromatic heterocycles. The molecule has 0 bridgehead atoms. The van der Waals surface area contributed by atoms with E-state index in [1.807, 2.05) is 83.4 Å². The maximum atomic E-state index is 13.0. The smallest absolute Gasteiger partial charge is 0.350 e. The van der Waals surface area contributed by atoms with Gasteiger partial charge in [0.05, 0.1) is 33.5 Å². The van der Waals surface area contributed by atoms with Crippen molar-refractivity contribution in [2.45, 2.75) is 51.5 Å². The van der Waals surface area contributed by atoms with E-state index in [1.165, 1.54) is 0 Å². The number of hydrogen-bond acceptors (Lipinski definition) is 10. The van der Waals surface area contributed by atoms with Crippen LogP contribution in [0.1, 0.15) is 51.7 Å². The molecule has 322 valence electrons. The molecule has 0 radical (unpaired) electrons. The first-order chi connectivity index (χ1) is 30.9. The van der Waals surface area contributed by atoms with Gasteiger partial charge in [-0.3, -0.25) is 14.6 Å². The molecule has 1 saturated carbocycles. The van der Waals surface area contributed by atoms with Crippen molar-refractivity contribution >= 4 is 33.6 Å². The monoisotopic (exact) mass is 864 g/mol. The highest BCUT2D eigenvalue weighted by Gasteiger charge is 2.51. The van der Waals surface area contributed by atoms with Crippen LogP contribution in [0, 0.1) is 13.8 Å². The Balaban J connectivity index is 0.000000190. The normalized spacial score (nSPS) is 13.1. The van der Waals surface area contributed by atoms with Gasteiger partial charge in [0.1, 0.15) is 5.54 Å². The highest BCUT2D eigenvalue weighted by atomic mass is 19.4. The van der Waals surface area contributed by atoms with Crippen LogP contribution < -0.4 is 16.4 Å². The Morgan fingerprint density at radius 3 is 1.70 bits per heavy atom. The molecule has 0 atom stereocenters. The van der Waals surface area contributed by atoms with Crippen LogP contribution >= 0.6 is 0 Å². The number of nitrogens with two attached hydrogens (primary N) is 1. The SMILES string of the molecule is Cc1nc(-c2cc3ccccc3n2-c2ccc(CN)cc2)no1.Cc1nc(-c2cc3ccccc3n2-c2ccc(CNC(=O)C3(NC(=O)c4cncc(C(F)(F)F)c4)CC3)cc2)no1. The molecule has 1 aliphatic rings. The summed E-state index contributed by atoms with van der Waals surface area (Å²) in [5.74, 6) is 0.872. The molecule has 17 heteroatoms. The topological polar surface area (TPSA) is 185 Å². The van der Waals surface area contributed by atoms with Crippen molar-refractivity contribution in [1.82, 2.24) is 45.0 Å². The maximum Gasteiger partial charge on any atom is 0.417 e. The number of para-hydroxylation sites is 2. The third-order valence-corrected chi connectivity index (χ3v) is 10.9. The van der Waals surface area contributed by atoms with Crippen molar-refractivity contribution < 1.29 is 31.8 Å². The molecule has 0 spiro atoms. The van der Waals surface area contributed by atoms with Crippen LogP contribution in [-0.2, 0) is 24.1 Å². The fourth-order valence-electron chi connectivity index (χ4n) is 7.44.